The molecule has 0 radical (unpaired) electrons. The lowest BCUT2D eigenvalue weighted by Crippen LogP contribution is -2.41. The third kappa shape index (κ3) is 3.78. The normalized spacial score (nSPS) is 15.4. The van der Waals surface area contributed by atoms with E-state index in [4.69, 9.17) is 9.47 Å². The van der Waals surface area contributed by atoms with Crippen molar-refractivity contribution in [3.8, 4) is 5.75 Å². The summed E-state index contributed by atoms with van der Waals surface area (Å²) in [5.41, 5.74) is 2.01. The van der Waals surface area contributed by atoms with E-state index in [1.54, 1.807) is 0 Å². The second-order valence-corrected chi connectivity index (χ2v) is 6.45. The number of hydrogen-bond donors (Lipinski definition) is 0. The van der Waals surface area contributed by atoms with Gasteiger partial charge in [0, 0.05) is 0 Å². The average Bonchev–Trinajstić information content (AvgIpc) is 2.58. The lowest BCUT2D eigenvalue weighted by atomic mass is 9.65. The number of rotatable bonds is 7. The lowest BCUT2D eigenvalue weighted by molar-refractivity contribution is -0.161. The highest BCUT2D eigenvalue weighted by atomic mass is 16.5. The topological polar surface area (TPSA) is 35.5 Å². The summed E-state index contributed by atoms with van der Waals surface area (Å²) in [4.78, 5) is 12.2. The van der Waals surface area contributed by atoms with Gasteiger partial charge in [-0.15, -0.1) is 0 Å². The summed E-state index contributed by atoms with van der Waals surface area (Å²) in [6.07, 6.45) is 3.72. The zero-order valence-corrected chi connectivity index (χ0v) is 14.2. The molecule has 24 heavy (non-hydrogen) atoms. The van der Waals surface area contributed by atoms with Gasteiger partial charge in [-0.1, -0.05) is 48.9 Å². The van der Waals surface area contributed by atoms with Crippen LogP contribution in [0.25, 0.3) is 0 Å². The summed E-state index contributed by atoms with van der Waals surface area (Å²) >= 11 is 0. The largest absolute Gasteiger partial charge is 0.489 e. The number of hydrogen-bond acceptors (Lipinski definition) is 3. The highest BCUT2D eigenvalue weighted by Gasteiger charge is 2.45. The Morgan fingerprint density at radius 3 is 2.29 bits per heavy atom. The summed E-state index contributed by atoms with van der Waals surface area (Å²) in [6, 6.07) is 18.2. The van der Waals surface area contributed by atoms with Crippen LogP contribution in [0.1, 0.15) is 37.3 Å². The predicted octanol–water partition coefficient (Wildman–Crippen LogP) is 4.54. The first-order chi connectivity index (χ1) is 11.7. The van der Waals surface area contributed by atoms with Gasteiger partial charge in [0.25, 0.3) is 0 Å². The molecule has 2 aromatic rings. The van der Waals surface area contributed by atoms with E-state index in [1.807, 2.05) is 49.4 Å². The molecule has 3 heteroatoms. The standard InChI is InChI=1S/C21H24O3/c1-2-23-20(22)21(13-6-14-21)15-17-9-11-19(12-10-17)24-16-18-7-4-3-5-8-18/h3-5,7-12H,2,6,13-16H2,1H3. The number of carbonyl (C=O) groups is 1. The van der Waals surface area contributed by atoms with Crippen LogP contribution in [-0.2, 0) is 22.6 Å². The molecule has 1 fully saturated rings. The van der Waals surface area contributed by atoms with Crippen LogP contribution in [0.4, 0.5) is 0 Å². The minimum atomic E-state index is -0.303. The summed E-state index contributed by atoms with van der Waals surface area (Å²) in [7, 11) is 0. The van der Waals surface area contributed by atoms with Gasteiger partial charge in [-0.2, -0.15) is 0 Å². The molecule has 1 saturated carbocycles. The SMILES string of the molecule is CCOC(=O)C1(Cc2ccc(OCc3ccccc3)cc2)CCC1. The zero-order valence-electron chi connectivity index (χ0n) is 14.2. The van der Waals surface area contributed by atoms with Crippen LogP contribution in [0.15, 0.2) is 54.6 Å². The predicted molar refractivity (Wildman–Crippen MR) is 93.8 cm³/mol. The van der Waals surface area contributed by atoms with Crippen molar-refractivity contribution in [1.29, 1.82) is 0 Å². The van der Waals surface area contributed by atoms with Crippen molar-refractivity contribution in [3.05, 3.63) is 65.7 Å². The summed E-state index contributed by atoms with van der Waals surface area (Å²) < 4.78 is 11.1. The molecule has 0 atom stereocenters. The highest BCUT2D eigenvalue weighted by molar-refractivity contribution is 5.78. The molecule has 0 saturated heterocycles. The van der Waals surface area contributed by atoms with Gasteiger partial charge in [0.2, 0.25) is 0 Å². The molecular weight excluding hydrogens is 300 g/mol. The Morgan fingerprint density at radius 1 is 1.00 bits per heavy atom. The molecular formula is C21H24O3. The van der Waals surface area contributed by atoms with Gasteiger partial charge in [-0.05, 0) is 49.4 Å². The molecule has 0 amide bonds. The van der Waals surface area contributed by atoms with Crippen LogP contribution in [0.5, 0.6) is 5.75 Å². The van der Waals surface area contributed by atoms with Gasteiger partial charge in [-0.3, -0.25) is 4.79 Å². The number of esters is 1. The number of ether oxygens (including phenoxy) is 2. The van der Waals surface area contributed by atoms with Gasteiger partial charge in [0.15, 0.2) is 0 Å². The van der Waals surface area contributed by atoms with E-state index in [-0.39, 0.29) is 11.4 Å². The van der Waals surface area contributed by atoms with E-state index in [0.29, 0.717) is 13.2 Å². The summed E-state index contributed by atoms with van der Waals surface area (Å²) in [6.45, 7) is 2.88. The Hall–Kier alpha value is -2.29. The summed E-state index contributed by atoms with van der Waals surface area (Å²) in [5, 5.41) is 0. The maximum Gasteiger partial charge on any atom is 0.312 e. The third-order valence-corrected chi connectivity index (χ3v) is 4.73. The first-order valence-electron chi connectivity index (χ1n) is 8.65. The Bertz CT molecular complexity index is 657. The first kappa shape index (κ1) is 16.6. The van der Waals surface area contributed by atoms with Gasteiger partial charge in [0.1, 0.15) is 12.4 Å². The van der Waals surface area contributed by atoms with Crippen molar-refractivity contribution in [3.63, 3.8) is 0 Å². The van der Waals surface area contributed by atoms with Crippen LogP contribution >= 0.6 is 0 Å². The van der Waals surface area contributed by atoms with Crippen molar-refractivity contribution in [2.24, 2.45) is 5.41 Å². The maximum absolute atomic E-state index is 12.2. The molecule has 0 spiro atoms. The Morgan fingerprint density at radius 2 is 1.71 bits per heavy atom. The number of benzene rings is 2. The second-order valence-electron chi connectivity index (χ2n) is 6.45. The Labute approximate surface area is 143 Å². The van der Waals surface area contributed by atoms with E-state index in [2.05, 4.69) is 12.1 Å². The van der Waals surface area contributed by atoms with Crippen LogP contribution < -0.4 is 4.74 Å². The van der Waals surface area contributed by atoms with E-state index in [9.17, 15) is 4.79 Å². The van der Waals surface area contributed by atoms with Crippen LogP contribution in [0.2, 0.25) is 0 Å². The lowest BCUT2D eigenvalue weighted by Gasteiger charge is -2.39. The minimum absolute atomic E-state index is 0.0411. The third-order valence-electron chi connectivity index (χ3n) is 4.73. The minimum Gasteiger partial charge on any atom is -0.489 e. The van der Waals surface area contributed by atoms with E-state index < -0.39 is 0 Å². The fourth-order valence-electron chi connectivity index (χ4n) is 3.18. The maximum atomic E-state index is 12.2. The van der Waals surface area contributed by atoms with Gasteiger partial charge < -0.3 is 9.47 Å². The van der Waals surface area contributed by atoms with Gasteiger partial charge in [-0.25, -0.2) is 0 Å². The van der Waals surface area contributed by atoms with Crippen molar-refractivity contribution in [2.75, 3.05) is 6.61 Å². The fraction of sp³-hybridized carbons (Fsp3) is 0.381. The van der Waals surface area contributed by atoms with Crippen molar-refractivity contribution < 1.29 is 14.3 Å². The Balaban J connectivity index is 1.59. The highest BCUT2D eigenvalue weighted by Crippen LogP contribution is 2.45. The quantitative estimate of drug-likeness (QED) is 0.701. The molecule has 0 N–H and O–H groups in total. The molecule has 0 aromatic heterocycles. The van der Waals surface area contributed by atoms with E-state index >= 15 is 0 Å². The summed E-state index contributed by atoms with van der Waals surface area (Å²) in [5.74, 6) is 0.807. The smallest absolute Gasteiger partial charge is 0.312 e. The van der Waals surface area contributed by atoms with Crippen LogP contribution in [-0.4, -0.2) is 12.6 Å². The van der Waals surface area contributed by atoms with Crippen LogP contribution in [0.3, 0.4) is 0 Å². The molecule has 3 rings (SSSR count). The molecule has 3 nitrogen and oxygen atoms in total. The molecule has 0 heterocycles. The molecule has 0 unspecified atom stereocenters. The van der Waals surface area contributed by atoms with Crippen molar-refractivity contribution in [1.82, 2.24) is 0 Å². The molecule has 0 aliphatic heterocycles. The zero-order chi connectivity index (χ0) is 16.8. The fourth-order valence-corrected chi connectivity index (χ4v) is 3.18. The molecule has 126 valence electrons. The molecule has 1 aliphatic carbocycles. The second kappa shape index (κ2) is 7.52. The molecule has 2 aromatic carbocycles. The van der Waals surface area contributed by atoms with Gasteiger partial charge >= 0.3 is 5.97 Å². The van der Waals surface area contributed by atoms with E-state index in [1.165, 1.54) is 0 Å². The van der Waals surface area contributed by atoms with Crippen LogP contribution in [0, 0.1) is 5.41 Å². The average molecular weight is 324 g/mol. The first-order valence-corrected chi connectivity index (χ1v) is 8.65. The Kier molecular flexibility index (Phi) is 5.19. The van der Waals surface area contributed by atoms with Crippen molar-refractivity contribution in [2.45, 2.75) is 39.2 Å². The van der Waals surface area contributed by atoms with Crippen molar-refractivity contribution >= 4 is 5.97 Å². The van der Waals surface area contributed by atoms with E-state index in [0.717, 1.165) is 42.6 Å². The monoisotopic (exact) mass is 324 g/mol. The van der Waals surface area contributed by atoms with Gasteiger partial charge in [0.05, 0.1) is 12.0 Å². The molecule has 1 aliphatic rings. The molecule has 0 bridgehead atoms. The number of carbonyl (C=O) groups excluding carboxylic acids is 1.